The molecule has 2 aliphatic rings. The molecule has 24 heavy (non-hydrogen) atoms. The fraction of sp³-hybridized carbons (Fsp3) is 0.889. The number of nitrogens with two attached hydrogens (primary N) is 1. The number of amides is 2. The number of carbonyl (C=O) groups is 2. The molecule has 2 N–H and O–H groups in total. The maximum Gasteiger partial charge on any atom is 0.236 e. The van der Waals surface area contributed by atoms with E-state index in [9.17, 15) is 9.59 Å². The average molecular weight is 338 g/mol. The Morgan fingerprint density at radius 2 is 1.75 bits per heavy atom. The van der Waals surface area contributed by atoms with Crippen molar-refractivity contribution in [1.29, 1.82) is 0 Å². The van der Waals surface area contributed by atoms with Gasteiger partial charge >= 0.3 is 0 Å². The van der Waals surface area contributed by atoms with Gasteiger partial charge in [-0.05, 0) is 26.2 Å². The van der Waals surface area contributed by atoms with E-state index in [4.69, 9.17) is 5.73 Å². The summed E-state index contributed by atoms with van der Waals surface area (Å²) < 4.78 is 0. The van der Waals surface area contributed by atoms with Gasteiger partial charge in [0, 0.05) is 51.7 Å². The van der Waals surface area contributed by atoms with E-state index < -0.39 is 0 Å². The molecule has 138 valence electrons. The molecule has 0 spiro atoms. The number of nitrogens with zero attached hydrogens (tertiary/aromatic N) is 3. The van der Waals surface area contributed by atoms with Gasteiger partial charge in [0.25, 0.3) is 0 Å². The molecule has 6 nitrogen and oxygen atoms in total. The highest BCUT2D eigenvalue weighted by atomic mass is 16.2. The summed E-state index contributed by atoms with van der Waals surface area (Å²) in [6.45, 7) is 5.42. The minimum Gasteiger partial charge on any atom is -0.342 e. The molecule has 6 heteroatoms. The average Bonchev–Trinajstić information content (AvgIpc) is 2.60. The monoisotopic (exact) mass is 338 g/mol. The molecule has 0 bridgehead atoms. The zero-order chi connectivity index (χ0) is 17.5. The SMILES string of the molecule is CC(N)CCC(=O)N1CCN(CC(=O)N(C)C2CCCCC2)CC1. The first-order valence-corrected chi connectivity index (χ1v) is 9.48. The minimum atomic E-state index is 0.0724. The molecule has 0 radical (unpaired) electrons. The van der Waals surface area contributed by atoms with E-state index in [1.807, 2.05) is 23.8 Å². The Balaban J connectivity index is 1.70. The molecule has 1 unspecified atom stereocenters. The Kier molecular flexibility index (Phi) is 7.49. The van der Waals surface area contributed by atoms with Crippen molar-refractivity contribution >= 4 is 11.8 Å². The lowest BCUT2D eigenvalue weighted by Crippen LogP contribution is -2.52. The Hall–Kier alpha value is -1.14. The van der Waals surface area contributed by atoms with Crippen LogP contribution in [0.5, 0.6) is 0 Å². The second-order valence-electron chi connectivity index (χ2n) is 7.47. The van der Waals surface area contributed by atoms with Crippen LogP contribution in [0.1, 0.15) is 51.9 Å². The van der Waals surface area contributed by atoms with E-state index in [0.717, 1.165) is 45.4 Å². The molecule has 0 aromatic carbocycles. The molecular weight excluding hydrogens is 304 g/mol. The smallest absolute Gasteiger partial charge is 0.236 e. The van der Waals surface area contributed by atoms with Gasteiger partial charge in [-0.2, -0.15) is 0 Å². The van der Waals surface area contributed by atoms with Crippen molar-refractivity contribution in [3.8, 4) is 0 Å². The summed E-state index contributed by atoms with van der Waals surface area (Å²) in [5, 5.41) is 0. The first-order valence-electron chi connectivity index (χ1n) is 9.48. The number of piperazine rings is 1. The van der Waals surface area contributed by atoms with Crippen LogP contribution in [0.15, 0.2) is 0 Å². The highest BCUT2D eigenvalue weighted by Gasteiger charge is 2.26. The van der Waals surface area contributed by atoms with Crippen LogP contribution in [0.4, 0.5) is 0 Å². The Morgan fingerprint density at radius 3 is 2.33 bits per heavy atom. The molecule has 1 aliphatic carbocycles. The number of hydrogen-bond acceptors (Lipinski definition) is 4. The second kappa shape index (κ2) is 9.37. The van der Waals surface area contributed by atoms with Crippen LogP contribution in [0.25, 0.3) is 0 Å². The largest absolute Gasteiger partial charge is 0.342 e. The Morgan fingerprint density at radius 1 is 1.12 bits per heavy atom. The number of carbonyl (C=O) groups excluding carboxylic acids is 2. The highest BCUT2D eigenvalue weighted by molar-refractivity contribution is 5.78. The van der Waals surface area contributed by atoms with E-state index >= 15 is 0 Å². The fourth-order valence-corrected chi connectivity index (χ4v) is 3.64. The van der Waals surface area contributed by atoms with Gasteiger partial charge in [-0.25, -0.2) is 0 Å². The van der Waals surface area contributed by atoms with E-state index in [0.29, 0.717) is 19.0 Å². The van der Waals surface area contributed by atoms with Gasteiger partial charge < -0.3 is 15.5 Å². The van der Waals surface area contributed by atoms with Gasteiger partial charge in [-0.3, -0.25) is 14.5 Å². The maximum atomic E-state index is 12.5. The first kappa shape index (κ1) is 19.2. The summed E-state index contributed by atoms with van der Waals surface area (Å²) in [6, 6.07) is 0.496. The lowest BCUT2D eigenvalue weighted by atomic mass is 9.94. The standard InChI is InChI=1S/C18H34N4O2/c1-15(19)8-9-17(23)22-12-10-21(11-13-22)14-18(24)20(2)16-6-4-3-5-7-16/h15-16H,3-14,19H2,1-2H3. The predicted octanol–water partition coefficient (Wildman–Crippen LogP) is 1.05. The van der Waals surface area contributed by atoms with Crippen molar-refractivity contribution in [1.82, 2.24) is 14.7 Å². The molecule has 1 aliphatic heterocycles. The van der Waals surface area contributed by atoms with Crippen LogP contribution in [-0.2, 0) is 9.59 Å². The number of likely N-dealkylation sites (N-methyl/N-ethyl adjacent to an activating group) is 1. The molecule has 1 saturated carbocycles. The molecule has 0 aromatic rings. The Bertz CT molecular complexity index is 413. The van der Waals surface area contributed by atoms with Gasteiger partial charge in [0.1, 0.15) is 0 Å². The molecule has 1 saturated heterocycles. The predicted molar refractivity (Wildman–Crippen MR) is 95.5 cm³/mol. The minimum absolute atomic E-state index is 0.0724. The first-order chi connectivity index (χ1) is 11.5. The summed E-state index contributed by atoms with van der Waals surface area (Å²) in [5.74, 6) is 0.413. The molecule has 2 amide bonds. The number of hydrogen-bond donors (Lipinski definition) is 1. The summed E-state index contributed by atoms with van der Waals surface area (Å²) in [7, 11) is 1.95. The van der Waals surface area contributed by atoms with Gasteiger partial charge in [-0.15, -0.1) is 0 Å². The van der Waals surface area contributed by atoms with E-state index in [2.05, 4.69) is 4.90 Å². The van der Waals surface area contributed by atoms with Gasteiger partial charge in [-0.1, -0.05) is 19.3 Å². The normalized spacial score (nSPS) is 21.5. The molecule has 2 fully saturated rings. The third-order valence-corrected chi connectivity index (χ3v) is 5.41. The van der Waals surface area contributed by atoms with Crippen molar-refractivity contribution in [2.45, 2.75) is 64.0 Å². The zero-order valence-corrected chi connectivity index (χ0v) is 15.4. The molecule has 1 heterocycles. The van der Waals surface area contributed by atoms with Crippen LogP contribution in [0.3, 0.4) is 0 Å². The van der Waals surface area contributed by atoms with Crippen molar-refractivity contribution in [2.24, 2.45) is 5.73 Å². The molecule has 2 rings (SSSR count). The van der Waals surface area contributed by atoms with E-state index in [-0.39, 0.29) is 17.9 Å². The maximum absolute atomic E-state index is 12.5. The topological polar surface area (TPSA) is 69.9 Å². The van der Waals surface area contributed by atoms with Crippen molar-refractivity contribution in [3.63, 3.8) is 0 Å². The van der Waals surface area contributed by atoms with Crippen LogP contribution >= 0.6 is 0 Å². The Labute approximate surface area is 146 Å². The number of rotatable bonds is 6. The summed E-state index contributed by atoms with van der Waals surface area (Å²) >= 11 is 0. The van der Waals surface area contributed by atoms with Gasteiger partial charge in [0.15, 0.2) is 0 Å². The van der Waals surface area contributed by atoms with Crippen molar-refractivity contribution in [2.75, 3.05) is 39.8 Å². The molecule has 0 aromatic heterocycles. The molecule has 1 atom stereocenters. The summed E-state index contributed by atoms with van der Waals surface area (Å²) in [4.78, 5) is 30.7. The van der Waals surface area contributed by atoms with Gasteiger partial charge in [0.05, 0.1) is 6.54 Å². The van der Waals surface area contributed by atoms with Crippen LogP contribution in [0, 0.1) is 0 Å². The van der Waals surface area contributed by atoms with Crippen LogP contribution in [0.2, 0.25) is 0 Å². The highest BCUT2D eigenvalue weighted by Crippen LogP contribution is 2.21. The fourth-order valence-electron chi connectivity index (χ4n) is 3.64. The third-order valence-electron chi connectivity index (χ3n) is 5.41. The van der Waals surface area contributed by atoms with E-state index in [1.54, 1.807) is 0 Å². The second-order valence-corrected chi connectivity index (χ2v) is 7.47. The van der Waals surface area contributed by atoms with Crippen LogP contribution < -0.4 is 5.73 Å². The lowest BCUT2D eigenvalue weighted by Gasteiger charge is -2.37. The third kappa shape index (κ3) is 5.74. The van der Waals surface area contributed by atoms with Crippen LogP contribution in [-0.4, -0.2) is 78.4 Å². The van der Waals surface area contributed by atoms with E-state index in [1.165, 1.54) is 19.3 Å². The summed E-state index contributed by atoms with van der Waals surface area (Å²) in [6.07, 6.45) is 7.34. The van der Waals surface area contributed by atoms with Gasteiger partial charge in [0.2, 0.25) is 11.8 Å². The molecular formula is C18H34N4O2. The summed E-state index contributed by atoms with van der Waals surface area (Å²) in [5.41, 5.74) is 5.72. The lowest BCUT2D eigenvalue weighted by molar-refractivity contribution is -0.136. The quantitative estimate of drug-likeness (QED) is 0.786. The van der Waals surface area contributed by atoms with Crippen molar-refractivity contribution in [3.05, 3.63) is 0 Å². The van der Waals surface area contributed by atoms with Crippen molar-refractivity contribution < 1.29 is 9.59 Å². The zero-order valence-electron chi connectivity index (χ0n) is 15.4.